The molecule has 1 aromatic rings. The molecule has 6 nitrogen and oxygen atoms in total. The maximum Gasteiger partial charge on any atom is 0.341 e. The molecule has 1 unspecified atom stereocenters. The summed E-state index contributed by atoms with van der Waals surface area (Å²) in [5, 5.41) is 14.2. The van der Waals surface area contributed by atoms with E-state index in [4.69, 9.17) is 9.84 Å². The maximum absolute atomic E-state index is 11.9. The standard InChI is InChI=1S/C15H22N2O4/c1-3-6-11(4-2)16-15(20)17-12-7-5-8-13(9-12)21-10-14(18)19/h5,7-9,11H,3-4,6,10H2,1-2H3,(H,18,19)(H2,16,17,20). The fourth-order valence-corrected chi connectivity index (χ4v) is 1.89. The van der Waals surface area contributed by atoms with E-state index in [1.807, 2.05) is 6.92 Å². The lowest BCUT2D eigenvalue weighted by Crippen LogP contribution is -2.37. The van der Waals surface area contributed by atoms with E-state index in [0.29, 0.717) is 11.4 Å². The molecule has 0 aliphatic heterocycles. The summed E-state index contributed by atoms with van der Waals surface area (Å²) in [5.74, 6) is -0.646. The largest absolute Gasteiger partial charge is 0.482 e. The van der Waals surface area contributed by atoms with Crippen LogP contribution in [0.25, 0.3) is 0 Å². The van der Waals surface area contributed by atoms with Crippen LogP contribution in [0.5, 0.6) is 5.75 Å². The number of carbonyl (C=O) groups is 2. The molecule has 6 heteroatoms. The van der Waals surface area contributed by atoms with Gasteiger partial charge in [-0.05, 0) is 25.0 Å². The monoisotopic (exact) mass is 294 g/mol. The van der Waals surface area contributed by atoms with Gasteiger partial charge < -0.3 is 20.5 Å². The average molecular weight is 294 g/mol. The zero-order valence-electron chi connectivity index (χ0n) is 12.4. The SMILES string of the molecule is CCCC(CC)NC(=O)Nc1cccc(OCC(=O)O)c1. The molecule has 0 heterocycles. The normalized spacial score (nSPS) is 11.5. The van der Waals surface area contributed by atoms with Crippen molar-refractivity contribution in [3.05, 3.63) is 24.3 Å². The smallest absolute Gasteiger partial charge is 0.341 e. The van der Waals surface area contributed by atoms with Crippen LogP contribution in [0.2, 0.25) is 0 Å². The van der Waals surface area contributed by atoms with Crippen LogP contribution in [0.1, 0.15) is 33.1 Å². The van der Waals surface area contributed by atoms with Crippen LogP contribution >= 0.6 is 0 Å². The molecular weight excluding hydrogens is 272 g/mol. The third kappa shape index (κ3) is 6.65. The molecule has 0 bridgehead atoms. The lowest BCUT2D eigenvalue weighted by atomic mass is 10.1. The van der Waals surface area contributed by atoms with E-state index in [1.165, 1.54) is 0 Å². The van der Waals surface area contributed by atoms with E-state index in [0.717, 1.165) is 19.3 Å². The second-order valence-corrected chi connectivity index (χ2v) is 4.70. The van der Waals surface area contributed by atoms with Crippen molar-refractivity contribution in [3.63, 3.8) is 0 Å². The predicted octanol–water partition coefficient (Wildman–Crippen LogP) is 2.85. The molecule has 1 rings (SSSR count). The third-order valence-electron chi connectivity index (χ3n) is 2.92. The zero-order chi connectivity index (χ0) is 15.7. The lowest BCUT2D eigenvalue weighted by Gasteiger charge is -2.16. The van der Waals surface area contributed by atoms with Gasteiger partial charge in [0.1, 0.15) is 5.75 Å². The summed E-state index contributed by atoms with van der Waals surface area (Å²) in [6.07, 6.45) is 2.83. The van der Waals surface area contributed by atoms with Crippen LogP contribution < -0.4 is 15.4 Å². The van der Waals surface area contributed by atoms with Crippen molar-refractivity contribution in [1.82, 2.24) is 5.32 Å². The minimum absolute atomic E-state index is 0.154. The molecule has 0 saturated heterocycles. The number of hydrogen-bond acceptors (Lipinski definition) is 3. The molecule has 0 saturated carbocycles. The van der Waals surface area contributed by atoms with Gasteiger partial charge in [-0.3, -0.25) is 0 Å². The number of urea groups is 1. The van der Waals surface area contributed by atoms with E-state index in [9.17, 15) is 9.59 Å². The molecule has 1 aromatic carbocycles. The third-order valence-corrected chi connectivity index (χ3v) is 2.92. The van der Waals surface area contributed by atoms with E-state index in [2.05, 4.69) is 17.6 Å². The molecule has 2 amide bonds. The molecular formula is C15H22N2O4. The fraction of sp³-hybridized carbons (Fsp3) is 0.467. The Morgan fingerprint density at radius 3 is 2.71 bits per heavy atom. The molecule has 1 atom stereocenters. The minimum Gasteiger partial charge on any atom is -0.482 e. The van der Waals surface area contributed by atoms with Crippen molar-refractivity contribution >= 4 is 17.7 Å². The number of nitrogens with one attached hydrogen (secondary N) is 2. The molecule has 3 N–H and O–H groups in total. The van der Waals surface area contributed by atoms with Crippen molar-refractivity contribution in [2.24, 2.45) is 0 Å². The van der Waals surface area contributed by atoms with Crippen LogP contribution in [0.3, 0.4) is 0 Å². The Labute approximate surface area is 124 Å². The van der Waals surface area contributed by atoms with Crippen LogP contribution in [0, 0.1) is 0 Å². The predicted molar refractivity (Wildman–Crippen MR) is 80.7 cm³/mol. The Bertz CT molecular complexity index is 476. The Balaban J connectivity index is 2.55. The van der Waals surface area contributed by atoms with Gasteiger partial charge in [0, 0.05) is 17.8 Å². The minimum atomic E-state index is -1.04. The van der Waals surface area contributed by atoms with E-state index < -0.39 is 12.6 Å². The van der Waals surface area contributed by atoms with Gasteiger partial charge in [0.2, 0.25) is 0 Å². The van der Waals surface area contributed by atoms with Crippen molar-refractivity contribution in [2.75, 3.05) is 11.9 Å². The highest BCUT2D eigenvalue weighted by molar-refractivity contribution is 5.89. The highest BCUT2D eigenvalue weighted by Crippen LogP contribution is 2.17. The van der Waals surface area contributed by atoms with Crippen molar-refractivity contribution < 1.29 is 19.4 Å². The zero-order valence-corrected chi connectivity index (χ0v) is 12.4. The van der Waals surface area contributed by atoms with Gasteiger partial charge in [-0.15, -0.1) is 0 Å². The average Bonchev–Trinajstić information content (AvgIpc) is 2.45. The van der Waals surface area contributed by atoms with Crippen LogP contribution in [0.15, 0.2) is 24.3 Å². The maximum atomic E-state index is 11.9. The van der Waals surface area contributed by atoms with Crippen molar-refractivity contribution in [3.8, 4) is 5.75 Å². The highest BCUT2D eigenvalue weighted by Gasteiger charge is 2.09. The lowest BCUT2D eigenvalue weighted by molar-refractivity contribution is -0.139. The second kappa shape index (κ2) is 8.84. The molecule has 0 aliphatic carbocycles. The van der Waals surface area contributed by atoms with Gasteiger partial charge >= 0.3 is 12.0 Å². The summed E-state index contributed by atoms with van der Waals surface area (Å²) in [6, 6.07) is 6.51. The number of aliphatic carboxylic acids is 1. The number of anilines is 1. The fourth-order valence-electron chi connectivity index (χ4n) is 1.89. The topological polar surface area (TPSA) is 87.7 Å². The number of carboxylic acids is 1. The Hall–Kier alpha value is -2.24. The van der Waals surface area contributed by atoms with Gasteiger partial charge in [-0.25, -0.2) is 9.59 Å². The summed E-state index contributed by atoms with van der Waals surface area (Å²) < 4.78 is 5.06. The summed E-state index contributed by atoms with van der Waals surface area (Å²) in [4.78, 5) is 22.3. The molecule has 0 spiro atoms. The van der Waals surface area contributed by atoms with Crippen molar-refractivity contribution in [1.29, 1.82) is 0 Å². The number of hydrogen-bond donors (Lipinski definition) is 3. The molecule has 0 radical (unpaired) electrons. The summed E-state index contributed by atoms with van der Waals surface area (Å²) in [6.45, 7) is 3.69. The van der Waals surface area contributed by atoms with E-state index in [1.54, 1.807) is 24.3 Å². The van der Waals surface area contributed by atoms with Crippen LogP contribution in [0.4, 0.5) is 10.5 Å². The van der Waals surface area contributed by atoms with Gasteiger partial charge in [0.15, 0.2) is 6.61 Å². The van der Waals surface area contributed by atoms with Gasteiger partial charge in [-0.2, -0.15) is 0 Å². The summed E-state index contributed by atoms with van der Waals surface area (Å²) >= 11 is 0. The van der Waals surface area contributed by atoms with E-state index in [-0.39, 0.29) is 12.1 Å². The first-order valence-corrected chi connectivity index (χ1v) is 7.07. The number of carbonyl (C=O) groups excluding carboxylic acids is 1. The Morgan fingerprint density at radius 1 is 1.33 bits per heavy atom. The summed E-state index contributed by atoms with van der Waals surface area (Å²) in [5.41, 5.74) is 0.557. The molecule has 0 aromatic heterocycles. The van der Waals surface area contributed by atoms with Gasteiger partial charge in [0.05, 0.1) is 0 Å². The number of ether oxygens (including phenoxy) is 1. The Morgan fingerprint density at radius 2 is 2.10 bits per heavy atom. The molecule has 21 heavy (non-hydrogen) atoms. The summed E-state index contributed by atoms with van der Waals surface area (Å²) in [7, 11) is 0. The molecule has 0 fully saturated rings. The van der Waals surface area contributed by atoms with E-state index >= 15 is 0 Å². The van der Waals surface area contributed by atoms with Crippen LogP contribution in [-0.4, -0.2) is 29.8 Å². The van der Waals surface area contributed by atoms with Crippen LogP contribution in [-0.2, 0) is 4.79 Å². The molecule has 116 valence electrons. The highest BCUT2D eigenvalue weighted by atomic mass is 16.5. The first kappa shape index (κ1) is 16.8. The number of benzene rings is 1. The number of carboxylic acid groups (broad SMARTS) is 1. The van der Waals surface area contributed by atoms with Crippen molar-refractivity contribution in [2.45, 2.75) is 39.2 Å². The quantitative estimate of drug-likeness (QED) is 0.688. The second-order valence-electron chi connectivity index (χ2n) is 4.70. The first-order chi connectivity index (χ1) is 10.0. The number of rotatable bonds is 8. The van der Waals surface area contributed by atoms with Gasteiger partial charge in [0.25, 0.3) is 0 Å². The first-order valence-electron chi connectivity index (χ1n) is 7.07. The Kier molecular flexibility index (Phi) is 7.08. The molecule has 0 aliphatic rings. The van der Waals surface area contributed by atoms with Gasteiger partial charge in [-0.1, -0.05) is 26.3 Å². The number of amides is 2.